The summed E-state index contributed by atoms with van der Waals surface area (Å²) in [5.41, 5.74) is 4.41. The minimum absolute atomic E-state index is 0.0282. The van der Waals surface area contributed by atoms with E-state index in [0.29, 0.717) is 0 Å². The number of halogens is 1. The van der Waals surface area contributed by atoms with Gasteiger partial charge in [0, 0.05) is 28.3 Å². The van der Waals surface area contributed by atoms with Crippen molar-refractivity contribution in [1.29, 1.82) is 0 Å². The van der Waals surface area contributed by atoms with E-state index in [1.807, 2.05) is 73.8 Å². The number of carbonyl (C=O) groups excluding carboxylic acids is 1. The van der Waals surface area contributed by atoms with Gasteiger partial charge in [0.2, 0.25) is 5.66 Å². The number of carbonyl (C=O) groups is 1. The first-order valence-electron chi connectivity index (χ1n) is 9.05. The molecule has 0 fully saturated rings. The molecular weight excluding hydrogens is 416 g/mol. The highest BCUT2D eigenvalue weighted by Gasteiger charge is 2.55. The molecule has 0 saturated carbocycles. The molecule has 1 spiro atoms. The van der Waals surface area contributed by atoms with Crippen LogP contribution in [0.15, 0.2) is 71.2 Å². The summed E-state index contributed by atoms with van der Waals surface area (Å²) >= 11 is 3.58. The van der Waals surface area contributed by atoms with Crippen LogP contribution >= 0.6 is 15.9 Å². The quantitative estimate of drug-likeness (QED) is 0.444. The minimum atomic E-state index is -1.08. The molecule has 6 heteroatoms. The zero-order chi connectivity index (χ0) is 19.0. The first-order valence-corrected chi connectivity index (χ1v) is 9.84. The minimum Gasteiger partial charge on any atom is -0.350 e. The maximum Gasteiger partial charge on any atom is 0.278 e. The number of likely N-dealkylation sites (N-methyl/N-ethyl adjacent to an activating group) is 1. The van der Waals surface area contributed by atoms with Crippen molar-refractivity contribution >= 4 is 44.2 Å². The molecule has 2 aliphatic rings. The Balaban J connectivity index is 1.81. The molecule has 0 aliphatic carbocycles. The van der Waals surface area contributed by atoms with E-state index in [2.05, 4.69) is 25.8 Å². The highest BCUT2D eigenvalue weighted by Crippen LogP contribution is 2.50. The van der Waals surface area contributed by atoms with Crippen LogP contribution in [0, 0.1) is 0 Å². The number of hydrogen-bond acceptors (Lipinski definition) is 3. The first-order chi connectivity index (χ1) is 13.6. The summed E-state index contributed by atoms with van der Waals surface area (Å²) in [6, 6.07) is 21.9. The lowest BCUT2D eigenvalue weighted by molar-refractivity contribution is -0.122. The molecule has 1 amide bonds. The molecule has 4 aromatic rings. The first kappa shape index (κ1) is 15.9. The molecule has 3 aromatic carbocycles. The fraction of sp³-hybridized carbons (Fsp3) is 0.0909. The average molecular weight is 431 g/mol. The summed E-state index contributed by atoms with van der Waals surface area (Å²) in [6.45, 7) is 0. The van der Waals surface area contributed by atoms with Crippen LogP contribution < -0.4 is 10.2 Å². The second-order valence-corrected chi connectivity index (χ2v) is 8.08. The third-order valence-corrected chi connectivity index (χ3v) is 6.20. The van der Waals surface area contributed by atoms with Crippen LogP contribution in [0.5, 0.6) is 0 Å². The maximum atomic E-state index is 13.8. The molecule has 136 valence electrons. The lowest BCUT2D eigenvalue weighted by atomic mass is 9.95. The van der Waals surface area contributed by atoms with Crippen molar-refractivity contribution in [1.82, 2.24) is 9.55 Å². The Kier molecular flexibility index (Phi) is 2.97. The molecule has 0 bridgehead atoms. The highest BCUT2D eigenvalue weighted by atomic mass is 79.9. The van der Waals surface area contributed by atoms with E-state index in [1.54, 1.807) is 4.90 Å². The van der Waals surface area contributed by atoms with Gasteiger partial charge in [0.1, 0.15) is 5.82 Å². The van der Waals surface area contributed by atoms with Crippen LogP contribution in [0.3, 0.4) is 0 Å². The van der Waals surface area contributed by atoms with Crippen molar-refractivity contribution < 1.29 is 4.79 Å². The number of amides is 1. The standard InChI is InChI=1S/C22H15BrN4O/c1-26-18-11-10-13(23)12-15(18)22(21(26)28)25-16-7-3-2-6-14(16)20-24-17-8-4-5-9-19(17)27(20)22/h2-12,25H,1H3. The Morgan fingerprint density at radius 1 is 1.04 bits per heavy atom. The van der Waals surface area contributed by atoms with Crippen molar-refractivity contribution in [2.45, 2.75) is 5.66 Å². The Bertz CT molecular complexity index is 1310. The van der Waals surface area contributed by atoms with Crippen molar-refractivity contribution in [2.24, 2.45) is 0 Å². The van der Waals surface area contributed by atoms with Crippen molar-refractivity contribution in [3.63, 3.8) is 0 Å². The lowest BCUT2D eigenvalue weighted by Crippen LogP contribution is -2.52. The molecule has 1 N–H and O–H groups in total. The fourth-order valence-corrected chi connectivity index (χ4v) is 4.84. The molecule has 1 aromatic heterocycles. The van der Waals surface area contributed by atoms with Gasteiger partial charge in [-0.25, -0.2) is 4.98 Å². The van der Waals surface area contributed by atoms with Gasteiger partial charge in [0.05, 0.1) is 16.7 Å². The number of anilines is 2. The van der Waals surface area contributed by atoms with Crippen LogP contribution in [-0.4, -0.2) is 22.5 Å². The summed E-state index contributed by atoms with van der Waals surface area (Å²) in [6.07, 6.45) is 0. The number of hydrogen-bond donors (Lipinski definition) is 1. The third kappa shape index (κ3) is 1.76. The van der Waals surface area contributed by atoms with Gasteiger partial charge in [0.15, 0.2) is 0 Å². The van der Waals surface area contributed by atoms with Gasteiger partial charge in [0.25, 0.3) is 5.91 Å². The summed E-state index contributed by atoms with van der Waals surface area (Å²) < 4.78 is 2.99. The van der Waals surface area contributed by atoms with Crippen LogP contribution in [0.1, 0.15) is 5.56 Å². The molecule has 3 heterocycles. The molecule has 0 radical (unpaired) electrons. The monoisotopic (exact) mass is 430 g/mol. The van der Waals surface area contributed by atoms with Gasteiger partial charge in [-0.15, -0.1) is 0 Å². The molecule has 28 heavy (non-hydrogen) atoms. The van der Waals surface area contributed by atoms with Crippen molar-refractivity contribution in [3.8, 4) is 11.4 Å². The summed E-state index contributed by atoms with van der Waals surface area (Å²) in [5, 5.41) is 3.58. The van der Waals surface area contributed by atoms with E-state index in [4.69, 9.17) is 4.98 Å². The third-order valence-electron chi connectivity index (χ3n) is 5.70. The van der Waals surface area contributed by atoms with E-state index in [1.165, 1.54) is 0 Å². The average Bonchev–Trinajstić information content (AvgIpc) is 3.20. The number of nitrogens with one attached hydrogen (secondary N) is 1. The lowest BCUT2D eigenvalue weighted by Gasteiger charge is -2.38. The van der Waals surface area contributed by atoms with Crippen LogP contribution in [0.4, 0.5) is 11.4 Å². The summed E-state index contributed by atoms with van der Waals surface area (Å²) in [5.74, 6) is 0.768. The molecule has 2 aliphatic heterocycles. The zero-order valence-electron chi connectivity index (χ0n) is 15.0. The van der Waals surface area contributed by atoms with E-state index < -0.39 is 5.66 Å². The second kappa shape index (κ2) is 5.23. The van der Waals surface area contributed by atoms with Gasteiger partial charge < -0.3 is 10.2 Å². The van der Waals surface area contributed by atoms with Crippen LogP contribution in [0.2, 0.25) is 0 Å². The largest absolute Gasteiger partial charge is 0.350 e. The van der Waals surface area contributed by atoms with Gasteiger partial charge in [-0.2, -0.15) is 0 Å². The van der Waals surface area contributed by atoms with Crippen LogP contribution in [-0.2, 0) is 10.5 Å². The second-order valence-electron chi connectivity index (χ2n) is 7.17. The predicted molar refractivity (Wildman–Crippen MR) is 113 cm³/mol. The molecular formula is C22H15BrN4O. The molecule has 5 nitrogen and oxygen atoms in total. The van der Waals surface area contributed by atoms with E-state index in [-0.39, 0.29) is 5.91 Å². The Morgan fingerprint density at radius 2 is 1.82 bits per heavy atom. The van der Waals surface area contributed by atoms with Crippen molar-refractivity contribution in [3.05, 3.63) is 76.8 Å². The number of aromatic nitrogens is 2. The Hall–Kier alpha value is -3.12. The SMILES string of the molecule is CN1C(=O)C2(Nc3ccccc3-c3nc4ccccc4n32)c2cc(Br)ccc21. The normalized spacial score (nSPS) is 19.5. The summed E-state index contributed by atoms with van der Waals surface area (Å²) in [7, 11) is 1.82. The van der Waals surface area contributed by atoms with Gasteiger partial charge in [-0.3, -0.25) is 9.36 Å². The number of nitrogens with zero attached hydrogens (tertiary/aromatic N) is 3. The van der Waals surface area contributed by atoms with Crippen molar-refractivity contribution in [2.75, 3.05) is 17.3 Å². The van der Waals surface area contributed by atoms with Crippen LogP contribution in [0.25, 0.3) is 22.4 Å². The number of rotatable bonds is 0. The molecule has 0 saturated heterocycles. The smallest absolute Gasteiger partial charge is 0.278 e. The number of para-hydroxylation sites is 3. The fourth-order valence-electron chi connectivity index (χ4n) is 4.48. The number of imidazole rings is 1. The van der Waals surface area contributed by atoms with E-state index >= 15 is 0 Å². The topological polar surface area (TPSA) is 50.2 Å². The maximum absolute atomic E-state index is 13.8. The van der Waals surface area contributed by atoms with Gasteiger partial charge >= 0.3 is 0 Å². The molecule has 6 rings (SSSR count). The van der Waals surface area contributed by atoms with Gasteiger partial charge in [-0.05, 0) is 42.5 Å². The van der Waals surface area contributed by atoms with E-state index in [0.717, 1.165) is 43.8 Å². The zero-order valence-corrected chi connectivity index (χ0v) is 16.6. The summed E-state index contributed by atoms with van der Waals surface area (Å²) in [4.78, 5) is 20.4. The Morgan fingerprint density at radius 3 is 2.71 bits per heavy atom. The molecule has 1 unspecified atom stereocenters. The van der Waals surface area contributed by atoms with E-state index in [9.17, 15) is 4.79 Å². The van der Waals surface area contributed by atoms with Gasteiger partial charge in [-0.1, -0.05) is 40.2 Å². The predicted octanol–water partition coefficient (Wildman–Crippen LogP) is 4.57. The Labute approximate surface area is 169 Å². The molecule has 1 atom stereocenters. The number of fused-ring (bicyclic) bond motifs is 8. The highest BCUT2D eigenvalue weighted by molar-refractivity contribution is 9.10. The number of benzene rings is 3.